The number of benzene rings is 1. The van der Waals surface area contributed by atoms with Gasteiger partial charge in [0.2, 0.25) is 5.91 Å². The monoisotopic (exact) mass is 296 g/mol. The second-order valence-electron chi connectivity index (χ2n) is 5.01. The standard InChI is InChI=1S/C14H17ClN2O3/c1-2-14(5-6-16-8-14)13(20)17-11-7-9(12(18)19)3-4-10(11)15/h3-4,7,16H,2,5-6,8H2,1H3,(H,17,20)(H,18,19). The fourth-order valence-electron chi connectivity index (χ4n) is 2.41. The highest BCUT2D eigenvalue weighted by Gasteiger charge is 2.39. The number of amides is 1. The van der Waals surface area contributed by atoms with E-state index >= 15 is 0 Å². The van der Waals surface area contributed by atoms with Crippen molar-refractivity contribution in [2.75, 3.05) is 18.4 Å². The maximum absolute atomic E-state index is 12.4. The fourth-order valence-corrected chi connectivity index (χ4v) is 2.57. The molecule has 0 radical (unpaired) electrons. The molecule has 20 heavy (non-hydrogen) atoms. The average Bonchev–Trinajstić information content (AvgIpc) is 2.91. The molecule has 0 spiro atoms. The van der Waals surface area contributed by atoms with Crippen molar-refractivity contribution in [2.45, 2.75) is 19.8 Å². The Morgan fingerprint density at radius 2 is 2.25 bits per heavy atom. The summed E-state index contributed by atoms with van der Waals surface area (Å²) < 4.78 is 0. The molecule has 6 heteroatoms. The Kier molecular flexibility index (Phi) is 4.30. The van der Waals surface area contributed by atoms with Gasteiger partial charge in [0.15, 0.2) is 0 Å². The molecule has 1 aliphatic rings. The summed E-state index contributed by atoms with van der Waals surface area (Å²) in [5.74, 6) is -1.17. The molecular formula is C14H17ClN2O3. The van der Waals surface area contributed by atoms with Crippen LogP contribution in [0.2, 0.25) is 5.02 Å². The number of nitrogens with one attached hydrogen (secondary N) is 2. The number of carboxylic acids is 1. The van der Waals surface area contributed by atoms with Gasteiger partial charge in [-0.1, -0.05) is 18.5 Å². The van der Waals surface area contributed by atoms with E-state index < -0.39 is 11.4 Å². The number of anilines is 1. The molecule has 1 atom stereocenters. The molecule has 1 heterocycles. The van der Waals surface area contributed by atoms with Gasteiger partial charge < -0.3 is 15.7 Å². The van der Waals surface area contributed by atoms with Crippen molar-refractivity contribution in [3.8, 4) is 0 Å². The van der Waals surface area contributed by atoms with Crippen LogP contribution in [-0.4, -0.2) is 30.1 Å². The number of carbonyl (C=O) groups is 2. The zero-order valence-electron chi connectivity index (χ0n) is 11.2. The predicted molar refractivity (Wildman–Crippen MR) is 77.3 cm³/mol. The number of hydrogen-bond donors (Lipinski definition) is 3. The summed E-state index contributed by atoms with van der Waals surface area (Å²) in [7, 11) is 0. The van der Waals surface area contributed by atoms with E-state index in [1.54, 1.807) is 0 Å². The molecule has 1 saturated heterocycles. The first-order chi connectivity index (χ1) is 9.48. The highest BCUT2D eigenvalue weighted by molar-refractivity contribution is 6.34. The van der Waals surface area contributed by atoms with E-state index in [1.807, 2.05) is 6.92 Å². The van der Waals surface area contributed by atoms with Gasteiger partial charge in [0.05, 0.1) is 21.7 Å². The van der Waals surface area contributed by atoms with Crippen molar-refractivity contribution in [3.05, 3.63) is 28.8 Å². The summed E-state index contributed by atoms with van der Waals surface area (Å²) in [6, 6.07) is 4.27. The summed E-state index contributed by atoms with van der Waals surface area (Å²) in [6.07, 6.45) is 1.49. The van der Waals surface area contributed by atoms with Crippen molar-refractivity contribution < 1.29 is 14.7 Å². The number of aromatic carboxylic acids is 1. The Balaban J connectivity index is 2.23. The van der Waals surface area contributed by atoms with Crippen molar-refractivity contribution in [1.29, 1.82) is 0 Å². The third-order valence-corrected chi connectivity index (χ3v) is 4.19. The van der Waals surface area contributed by atoms with Gasteiger partial charge in [-0.3, -0.25) is 4.79 Å². The van der Waals surface area contributed by atoms with Crippen LogP contribution in [0.5, 0.6) is 0 Å². The third-order valence-electron chi connectivity index (χ3n) is 3.86. The topological polar surface area (TPSA) is 78.4 Å². The lowest BCUT2D eigenvalue weighted by Crippen LogP contribution is -2.37. The first-order valence-electron chi connectivity index (χ1n) is 6.53. The molecule has 5 nitrogen and oxygen atoms in total. The average molecular weight is 297 g/mol. The Hall–Kier alpha value is -1.59. The van der Waals surface area contributed by atoms with Crippen LogP contribution in [0.1, 0.15) is 30.1 Å². The van der Waals surface area contributed by atoms with E-state index in [0.717, 1.165) is 19.4 Å². The molecule has 3 N–H and O–H groups in total. The molecule has 1 unspecified atom stereocenters. The van der Waals surface area contributed by atoms with Gasteiger partial charge >= 0.3 is 5.97 Å². The Morgan fingerprint density at radius 1 is 1.50 bits per heavy atom. The minimum absolute atomic E-state index is 0.0970. The number of hydrogen-bond acceptors (Lipinski definition) is 3. The molecule has 108 valence electrons. The number of carbonyl (C=O) groups excluding carboxylic acids is 1. The molecule has 2 rings (SSSR count). The quantitative estimate of drug-likeness (QED) is 0.797. The zero-order chi connectivity index (χ0) is 14.8. The largest absolute Gasteiger partial charge is 0.478 e. The van der Waals surface area contributed by atoms with Gasteiger partial charge in [-0.2, -0.15) is 0 Å². The summed E-state index contributed by atoms with van der Waals surface area (Å²) in [5.41, 5.74) is -0.00109. The normalized spacial score (nSPS) is 21.7. The molecule has 1 amide bonds. The van der Waals surface area contributed by atoms with E-state index in [1.165, 1.54) is 18.2 Å². The van der Waals surface area contributed by atoms with E-state index in [0.29, 0.717) is 17.3 Å². The lowest BCUT2D eigenvalue weighted by atomic mass is 9.83. The van der Waals surface area contributed by atoms with Crippen molar-refractivity contribution in [2.24, 2.45) is 5.41 Å². The highest BCUT2D eigenvalue weighted by Crippen LogP contribution is 2.32. The minimum atomic E-state index is -1.05. The molecule has 0 aliphatic carbocycles. The first-order valence-corrected chi connectivity index (χ1v) is 6.91. The van der Waals surface area contributed by atoms with Crippen LogP contribution in [0, 0.1) is 5.41 Å². The fraction of sp³-hybridized carbons (Fsp3) is 0.429. The lowest BCUT2D eigenvalue weighted by molar-refractivity contribution is -0.124. The lowest BCUT2D eigenvalue weighted by Gasteiger charge is -2.25. The number of carboxylic acid groups (broad SMARTS) is 1. The smallest absolute Gasteiger partial charge is 0.335 e. The van der Waals surface area contributed by atoms with Crippen LogP contribution in [0.15, 0.2) is 18.2 Å². The van der Waals surface area contributed by atoms with Gasteiger partial charge in [-0.25, -0.2) is 4.79 Å². The molecule has 0 aromatic heterocycles. The van der Waals surface area contributed by atoms with E-state index in [9.17, 15) is 9.59 Å². The number of halogens is 1. The number of rotatable bonds is 4. The molecule has 1 aromatic carbocycles. The molecule has 1 fully saturated rings. The second kappa shape index (κ2) is 5.81. The third kappa shape index (κ3) is 2.78. The zero-order valence-corrected chi connectivity index (χ0v) is 12.0. The maximum Gasteiger partial charge on any atom is 0.335 e. The van der Waals surface area contributed by atoms with Crippen molar-refractivity contribution in [3.63, 3.8) is 0 Å². The predicted octanol–water partition coefficient (Wildman–Crippen LogP) is 2.37. The Bertz CT molecular complexity index is 539. The molecule has 1 aliphatic heterocycles. The summed E-state index contributed by atoms with van der Waals surface area (Å²) >= 11 is 6.02. The first kappa shape index (κ1) is 14.8. The second-order valence-corrected chi connectivity index (χ2v) is 5.42. The van der Waals surface area contributed by atoms with Crippen molar-refractivity contribution in [1.82, 2.24) is 5.32 Å². The van der Waals surface area contributed by atoms with Crippen LogP contribution in [0.4, 0.5) is 5.69 Å². The van der Waals surface area contributed by atoms with E-state index in [-0.39, 0.29) is 11.5 Å². The highest BCUT2D eigenvalue weighted by atomic mass is 35.5. The van der Waals surface area contributed by atoms with Gasteiger partial charge in [-0.05, 0) is 37.6 Å². The summed E-state index contributed by atoms with van der Waals surface area (Å²) in [6.45, 7) is 3.41. The Labute approximate surface area is 122 Å². The Morgan fingerprint density at radius 3 is 2.80 bits per heavy atom. The van der Waals surface area contributed by atoms with E-state index in [2.05, 4.69) is 10.6 Å². The van der Waals surface area contributed by atoms with Crippen LogP contribution >= 0.6 is 11.6 Å². The molecule has 0 saturated carbocycles. The van der Waals surface area contributed by atoms with Gasteiger partial charge in [0.25, 0.3) is 0 Å². The van der Waals surface area contributed by atoms with Crippen LogP contribution < -0.4 is 10.6 Å². The van der Waals surface area contributed by atoms with Gasteiger partial charge in [0.1, 0.15) is 0 Å². The van der Waals surface area contributed by atoms with Gasteiger partial charge in [-0.15, -0.1) is 0 Å². The van der Waals surface area contributed by atoms with Gasteiger partial charge in [0, 0.05) is 6.54 Å². The van der Waals surface area contributed by atoms with Crippen molar-refractivity contribution >= 4 is 29.2 Å². The molecule has 0 bridgehead atoms. The van der Waals surface area contributed by atoms with Crippen LogP contribution in [0.25, 0.3) is 0 Å². The maximum atomic E-state index is 12.4. The summed E-state index contributed by atoms with van der Waals surface area (Å²) in [4.78, 5) is 23.4. The van der Waals surface area contributed by atoms with Crippen LogP contribution in [0.3, 0.4) is 0 Å². The van der Waals surface area contributed by atoms with Crippen LogP contribution in [-0.2, 0) is 4.79 Å². The van der Waals surface area contributed by atoms with E-state index in [4.69, 9.17) is 16.7 Å². The SMILES string of the molecule is CCC1(C(=O)Nc2cc(C(=O)O)ccc2Cl)CCNC1. The molecular weight excluding hydrogens is 280 g/mol. The molecule has 1 aromatic rings. The summed E-state index contributed by atoms with van der Waals surface area (Å²) in [5, 5.41) is 15.3. The minimum Gasteiger partial charge on any atom is -0.478 e.